The summed E-state index contributed by atoms with van der Waals surface area (Å²) in [6.07, 6.45) is 5.30. The zero-order valence-electron chi connectivity index (χ0n) is 8.60. The minimum absolute atomic E-state index is 0.925. The van der Waals surface area contributed by atoms with Crippen molar-refractivity contribution in [3.63, 3.8) is 0 Å². The summed E-state index contributed by atoms with van der Waals surface area (Å²) >= 11 is 0. The first-order valence-electron chi connectivity index (χ1n) is 5.33. The number of nitrogens with one attached hydrogen (secondary N) is 3. The largest absolute Gasteiger partial charge is 0.377 e. The van der Waals surface area contributed by atoms with Crippen LogP contribution in [0.25, 0.3) is 0 Å². The summed E-state index contributed by atoms with van der Waals surface area (Å²) in [7, 11) is 2.82. The average molecular weight is 180 g/mol. The van der Waals surface area contributed by atoms with Gasteiger partial charge in [-0.2, -0.15) is 0 Å². The van der Waals surface area contributed by atoms with E-state index in [2.05, 4.69) is 27.5 Å². The summed E-state index contributed by atoms with van der Waals surface area (Å²) < 4.78 is 0. The first kappa shape index (κ1) is 11.1. The van der Waals surface area contributed by atoms with Crippen LogP contribution in [0.5, 0.6) is 0 Å². The van der Waals surface area contributed by atoms with Crippen LogP contribution in [0.2, 0.25) is 0 Å². The van der Waals surface area contributed by atoms with E-state index in [0.29, 0.717) is 0 Å². The number of unbranched alkanes of at least 4 members (excludes halogenated alkanes) is 3. The first-order valence-corrected chi connectivity index (χ1v) is 5.33. The molecule has 0 aromatic rings. The molecule has 0 aromatic heterocycles. The molecule has 1 aliphatic rings. The van der Waals surface area contributed by atoms with Crippen LogP contribution in [0, 0.1) is 0 Å². The third-order valence-electron chi connectivity index (χ3n) is 2.22. The van der Waals surface area contributed by atoms with Crippen molar-refractivity contribution in [1.29, 1.82) is 0 Å². The quantitative estimate of drug-likeness (QED) is 0.338. The molecule has 1 heterocycles. The van der Waals surface area contributed by atoms with E-state index in [9.17, 15) is 0 Å². The van der Waals surface area contributed by atoms with Gasteiger partial charge in [0, 0.05) is 6.54 Å². The van der Waals surface area contributed by atoms with Gasteiger partial charge in [-0.15, -0.1) is 0 Å². The Hall–Kier alpha value is 0.0348. The van der Waals surface area contributed by atoms with Gasteiger partial charge in [-0.05, 0) is 6.42 Å². The molecule has 0 saturated carbocycles. The second kappa shape index (κ2) is 7.44. The second-order valence-electron chi connectivity index (χ2n) is 3.50. The fourth-order valence-electron chi connectivity index (χ4n) is 1.43. The molecule has 0 spiro atoms. The summed E-state index contributed by atoms with van der Waals surface area (Å²) in [5.41, 5.74) is 3.39. The molecule has 1 aliphatic heterocycles. The van der Waals surface area contributed by atoms with Crippen LogP contribution in [-0.2, 0) is 0 Å². The van der Waals surface area contributed by atoms with E-state index in [1.165, 1.54) is 25.7 Å². The van der Waals surface area contributed by atoms with Crippen molar-refractivity contribution in [2.75, 3.05) is 6.54 Å². The Labute approximate surface area is 83.0 Å². The molecule has 0 unspecified atom stereocenters. The maximum absolute atomic E-state index is 3.39. The van der Waals surface area contributed by atoms with Crippen LogP contribution < -0.4 is 15.7 Å². The fourth-order valence-corrected chi connectivity index (χ4v) is 1.43. The first-order chi connectivity index (χ1) is 6.43. The number of hydrogen-bond donors (Lipinski definition) is 3. The summed E-state index contributed by atoms with van der Waals surface area (Å²) in [6, 6.07) is 0. The highest BCUT2D eigenvalue weighted by atomic mass is 15.5. The molecule has 0 amide bonds. The second-order valence-corrected chi connectivity index (χ2v) is 3.50. The van der Waals surface area contributed by atoms with E-state index < -0.39 is 0 Å². The van der Waals surface area contributed by atoms with Gasteiger partial charge in [0.05, 0.1) is 0 Å². The van der Waals surface area contributed by atoms with E-state index in [1.54, 1.807) is 0 Å². The Balaban J connectivity index is 1.86. The van der Waals surface area contributed by atoms with Gasteiger partial charge in [0.2, 0.25) is 0 Å². The molecule has 72 valence electrons. The highest BCUT2D eigenvalue weighted by molar-refractivity contribution is 6.65. The van der Waals surface area contributed by atoms with Gasteiger partial charge in [-0.25, -0.2) is 0 Å². The SMILES string of the molecule is CCCCCCNN1BNBNB1. The molecular formula is C6H19B3N4. The lowest BCUT2D eigenvalue weighted by Gasteiger charge is -2.26. The van der Waals surface area contributed by atoms with Gasteiger partial charge >= 0.3 is 0 Å². The van der Waals surface area contributed by atoms with E-state index in [-0.39, 0.29) is 0 Å². The van der Waals surface area contributed by atoms with Crippen LogP contribution in [0.4, 0.5) is 0 Å². The third-order valence-corrected chi connectivity index (χ3v) is 2.22. The third kappa shape index (κ3) is 5.36. The molecule has 0 aromatic carbocycles. The zero-order chi connectivity index (χ0) is 9.36. The maximum Gasteiger partial charge on any atom is 0.281 e. The van der Waals surface area contributed by atoms with Crippen molar-refractivity contribution in [1.82, 2.24) is 20.5 Å². The standard InChI is InChI=1S/C6H19B3N4/c1-2-3-4-5-6-10-13-8-11-7-12-9-13/h7-12H,2-6H2,1H3. The Morgan fingerprint density at radius 3 is 2.62 bits per heavy atom. The molecule has 7 heteroatoms. The van der Waals surface area contributed by atoms with E-state index in [1.807, 2.05) is 0 Å². The summed E-state index contributed by atoms with van der Waals surface area (Å²) in [4.78, 5) is 2.18. The molecule has 4 nitrogen and oxygen atoms in total. The lowest BCUT2D eigenvalue weighted by atomic mass is 9.83. The molecule has 0 atom stereocenters. The summed E-state index contributed by atoms with van der Waals surface area (Å²) in [6.45, 7) is 3.34. The van der Waals surface area contributed by atoms with E-state index in [4.69, 9.17) is 0 Å². The van der Waals surface area contributed by atoms with Gasteiger partial charge in [0.25, 0.3) is 22.6 Å². The molecule has 1 rings (SSSR count). The Kier molecular flexibility index (Phi) is 6.36. The summed E-state index contributed by atoms with van der Waals surface area (Å²) in [5, 5.41) is 6.48. The number of rotatable bonds is 6. The monoisotopic (exact) mass is 180 g/mol. The minimum Gasteiger partial charge on any atom is -0.377 e. The predicted octanol–water partition coefficient (Wildman–Crippen LogP) is -1.63. The Morgan fingerprint density at radius 2 is 1.92 bits per heavy atom. The summed E-state index contributed by atoms with van der Waals surface area (Å²) in [5.74, 6) is 0. The van der Waals surface area contributed by atoms with Gasteiger partial charge < -0.3 is 10.3 Å². The molecule has 0 radical (unpaired) electrons. The van der Waals surface area contributed by atoms with Crippen LogP contribution >= 0.6 is 0 Å². The van der Waals surface area contributed by atoms with Crippen LogP contribution in [0.1, 0.15) is 32.6 Å². The van der Waals surface area contributed by atoms with Crippen LogP contribution in [-0.4, -0.2) is 34.0 Å². The minimum atomic E-state index is 0.925. The Bertz CT molecular complexity index is 120. The lowest BCUT2D eigenvalue weighted by Crippen LogP contribution is -2.62. The normalized spacial score (nSPS) is 17.3. The van der Waals surface area contributed by atoms with Crippen molar-refractivity contribution in [3.05, 3.63) is 0 Å². The average Bonchev–Trinajstić information content (AvgIpc) is 2.19. The topological polar surface area (TPSA) is 39.3 Å². The van der Waals surface area contributed by atoms with Gasteiger partial charge in [-0.1, -0.05) is 26.2 Å². The van der Waals surface area contributed by atoms with Crippen LogP contribution in [0.15, 0.2) is 0 Å². The van der Waals surface area contributed by atoms with Crippen molar-refractivity contribution < 1.29 is 0 Å². The highest BCUT2D eigenvalue weighted by Crippen LogP contribution is 1.96. The van der Waals surface area contributed by atoms with Crippen LogP contribution in [0.3, 0.4) is 0 Å². The van der Waals surface area contributed by atoms with Crippen molar-refractivity contribution >= 4 is 22.6 Å². The van der Waals surface area contributed by atoms with Crippen molar-refractivity contribution in [2.24, 2.45) is 0 Å². The van der Waals surface area contributed by atoms with E-state index in [0.717, 1.165) is 29.2 Å². The van der Waals surface area contributed by atoms with Gasteiger partial charge in [0.1, 0.15) is 0 Å². The molecule has 13 heavy (non-hydrogen) atoms. The number of hydrazine groups is 1. The Morgan fingerprint density at radius 1 is 1.15 bits per heavy atom. The van der Waals surface area contributed by atoms with E-state index >= 15 is 0 Å². The fraction of sp³-hybridized carbons (Fsp3) is 1.00. The number of nitrogens with zero attached hydrogens (tertiary/aromatic N) is 1. The van der Waals surface area contributed by atoms with Gasteiger partial charge in [-0.3, -0.25) is 10.3 Å². The van der Waals surface area contributed by atoms with Gasteiger partial charge in [0.15, 0.2) is 0 Å². The molecule has 3 N–H and O–H groups in total. The molecule has 1 fully saturated rings. The molecule has 1 saturated heterocycles. The lowest BCUT2D eigenvalue weighted by molar-refractivity contribution is 0.458. The highest BCUT2D eigenvalue weighted by Gasteiger charge is 2.11. The molecular weight excluding hydrogens is 161 g/mol. The van der Waals surface area contributed by atoms with Crippen molar-refractivity contribution in [3.8, 4) is 0 Å². The number of hydrogen-bond acceptors (Lipinski definition) is 4. The predicted molar refractivity (Wildman–Crippen MR) is 61.7 cm³/mol. The van der Waals surface area contributed by atoms with Crippen molar-refractivity contribution in [2.45, 2.75) is 32.6 Å². The molecule has 0 bridgehead atoms. The zero-order valence-corrected chi connectivity index (χ0v) is 8.60. The smallest absolute Gasteiger partial charge is 0.281 e. The molecule has 0 aliphatic carbocycles. The maximum atomic E-state index is 3.39.